The van der Waals surface area contributed by atoms with Gasteiger partial charge in [-0.2, -0.15) is 0 Å². The molecule has 1 N–H and O–H groups in total. The highest BCUT2D eigenvalue weighted by Gasteiger charge is 2.12. The fourth-order valence-electron chi connectivity index (χ4n) is 1.94. The quantitative estimate of drug-likeness (QED) is 0.780. The van der Waals surface area contributed by atoms with Gasteiger partial charge in [0.1, 0.15) is 0 Å². The van der Waals surface area contributed by atoms with E-state index in [2.05, 4.69) is 25.2 Å². The van der Waals surface area contributed by atoms with Crippen LogP contribution < -0.4 is 5.32 Å². The average molecular weight is 270 g/mol. The van der Waals surface area contributed by atoms with Crippen LogP contribution in [0.1, 0.15) is 25.8 Å². The SMILES string of the molecule is COCCC(CNC(C)C)Cc1ccccc1Cl. The first-order chi connectivity index (χ1) is 8.63. The third-order valence-corrected chi connectivity index (χ3v) is 3.38. The smallest absolute Gasteiger partial charge is 0.0465 e. The van der Waals surface area contributed by atoms with Crippen LogP contribution in [0.2, 0.25) is 5.02 Å². The van der Waals surface area contributed by atoms with Crippen molar-refractivity contribution in [3.05, 3.63) is 34.9 Å². The van der Waals surface area contributed by atoms with Crippen LogP contribution in [-0.2, 0) is 11.2 Å². The van der Waals surface area contributed by atoms with Crippen molar-refractivity contribution in [3.63, 3.8) is 0 Å². The zero-order valence-electron chi connectivity index (χ0n) is 11.6. The van der Waals surface area contributed by atoms with E-state index in [1.807, 2.05) is 18.2 Å². The molecule has 0 fully saturated rings. The zero-order valence-corrected chi connectivity index (χ0v) is 12.3. The summed E-state index contributed by atoms with van der Waals surface area (Å²) >= 11 is 6.21. The summed E-state index contributed by atoms with van der Waals surface area (Å²) in [7, 11) is 1.75. The summed E-state index contributed by atoms with van der Waals surface area (Å²) in [5.41, 5.74) is 1.23. The molecule has 0 aliphatic carbocycles. The minimum Gasteiger partial charge on any atom is -0.385 e. The summed E-state index contributed by atoms with van der Waals surface area (Å²) in [6, 6.07) is 8.60. The number of benzene rings is 1. The maximum atomic E-state index is 6.21. The predicted octanol–water partition coefficient (Wildman–Crippen LogP) is 3.53. The van der Waals surface area contributed by atoms with Crippen molar-refractivity contribution in [1.29, 1.82) is 0 Å². The number of methoxy groups -OCH3 is 1. The summed E-state index contributed by atoms with van der Waals surface area (Å²) in [6.07, 6.45) is 2.06. The van der Waals surface area contributed by atoms with Gasteiger partial charge in [0.2, 0.25) is 0 Å². The molecule has 1 aromatic carbocycles. The molecule has 18 heavy (non-hydrogen) atoms. The van der Waals surface area contributed by atoms with Gasteiger partial charge in [-0.15, -0.1) is 0 Å². The highest BCUT2D eigenvalue weighted by Crippen LogP contribution is 2.20. The minimum absolute atomic E-state index is 0.515. The molecule has 1 unspecified atom stereocenters. The molecule has 1 rings (SSSR count). The van der Waals surface area contributed by atoms with E-state index in [1.54, 1.807) is 7.11 Å². The van der Waals surface area contributed by atoms with Crippen LogP contribution in [-0.4, -0.2) is 26.3 Å². The zero-order chi connectivity index (χ0) is 13.4. The van der Waals surface area contributed by atoms with E-state index in [0.717, 1.165) is 31.0 Å². The monoisotopic (exact) mass is 269 g/mol. The Morgan fingerprint density at radius 1 is 1.28 bits per heavy atom. The maximum absolute atomic E-state index is 6.21. The molecule has 0 saturated carbocycles. The standard InChI is InChI=1S/C15H24ClNO/c1-12(2)17-11-13(8-9-18-3)10-14-6-4-5-7-15(14)16/h4-7,12-13,17H,8-11H2,1-3H3. The van der Waals surface area contributed by atoms with Crippen LogP contribution in [0.15, 0.2) is 24.3 Å². The number of nitrogens with one attached hydrogen (secondary N) is 1. The van der Waals surface area contributed by atoms with Crippen molar-refractivity contribution < 1.29 is 4.74 Å². The number of rotatable bonds is 8. The number of ether oxygens (including phenoxy) is 1. The summed E-state index contributed by atoms with van der Waals surface area (Å²) in [6.45, 7) is 6.15. The van der Waals surface area contributed by atoms with Crippen molar-refractivity contribution >= 4 is 11.6 Å². The van der Waals surface area contributed by atoms with Crippen LogP contribution in [0.25, 0.3) is 0 Å². The van der Waals surface area contributed by atoms with E-state index >= 15 is 0 Å². The molecule has 0 saturated heterocycles. The van der Waals surface area contributed by atoms with Crippen LogP contribution >= 0.6 is 11.6 Å². The minimum atomic E-state index is 0.515. The van der Waals surface area contributed by atoms with Crippen LogP contribution in [0.3, 0.4) is 0 Å². The molecule has 0 heterocycles. The molecule has 102 valence electrons. The van der Waals surface area contributed by atoms with Crippen LogP contribution in [0, 0.1) is 5.92 Å². The Bertz CT molecular complexity index is 341. The Hall–Kier alpha value is -0.570. The fourth-order valence-corrected chi connectivity index (χ4v) is 2.15. The van der Waals surface area contributed by atoms with Crippen LogP contribution in [0.5, 0.6) is 0 Å². The fraction of sp³-hybridized carbons (Fsp3) is 0.600. The second-order valence-electron chi connectivity index (χ2n) is 5.01. The second kappa shape index (κ2) is 8.52. The molecule has 0 spiro atoms. The lowest BCUT2D eigenvalue weighted by Crippen LogP contribution is -2.30. The van der Waals surface area contributed by atoms with E-state index < -0.39 is 0 Å². The molecule has 0 aliphatic heterocycles. The summed E-state index contributed by atoms with van der Waals surface area (Å²) in [5, 5.41) is 4.36. The topological polar surface area (TPSA) is 21.3 Å². The van der Waals surface area contributed by atoms with Crippen LogP contribution in [0.4, 0.5) is 0 Å². The van der Waals surface area contributed by atoms with Gasteiger partial charge >= 0.3 is 0 Å². The number of hydrogen-bond acceptors (Lipinski definition) is 2. The van der Waals surface area contributed by atoms with Gasteiger partial charge in [0.15, 0.2) is 0 Å². The van der Waals surface area contributed by atoms with Gasteiger partial charge in [0.05, 0.1) is 0 Å². The number of halogens is 1. The largest absolute Gasteiger partial charge is 0.385 e. The summed E-state index contributed by atoms with van der Waals surface area (Å²) < 4.78 is 5.19. The highest BCUT2D eigenvalue weighted by atomic mass is 35.5. The highest BCUT2D eigenvalue weighted by molar-refractivity contribution is 6.31. The van der Waals surface area contributed by atoms with E-state index in [-0.39, 0.29) is 0 Å². The van der Waals surface area contributed by atoms with E-state index in [9.17, 15) is 0 Å². The molecule has 2 nitrogen and oxygen atoms in total. The Morgan fingerprint density at radius 3 is 2.61 bits per heavy atom. The first-order valence-electron chi connectivity index (χ1n) is 6.59. The van der Waals surface area contributed by atoms with Crippen molar-refractivity contribution in [2.24, 2.45) is 5.92 Å². The van der Waals surface area contributed by atoms with E-state index in [0.29, 0.717) is 12.0 Å². The Kier molecular flexibility index (Phi) is 7.33. The molecule has 3 heteroatoms. The predicted molar refractivity (Wildman–Crippen MR) is 78.3 cm³/mol. The van der Waals surface area contributed by atoms with Gasteiger partial charge in [-0.05, 0) is 36.9 Å². The Balaban J connectivity index is 2.56. The van der Waals surface area contributed by atoms with Crippen molar-refractivity contribution in [3.8, 4) is 0 Å². The second-order valence-corrected chi connectivity index (χ2v) is 5.41. The van der Waals surface area contributed by atoms with Gasteiger partial charge in [-0.25, -0.2) is 0 Å². The maximum Gasteiger partial charge on any atom is 0.0465 e. The normalized spacial score (nSPS) is 12.9. The third kappa shape index (κ3) is 5.85. The average Bonchev–Trinajstić information content (AvgIpc) is 2.35. The first kappa shape index (κ1) is 15.5. The van der Waals surface area contributed by atoms with E-state index in [1.165, 1.54) is 5.56 Å². The third-order valence-electron chi connectivity index (χ3n) is 3.01. The molecule has 0 bridgehead atoms. The molecule has 0 aliphatic rings. The van der Waals surface area contributed by atoms with Crippen molar-refractivity contribution in [2.75, 3.05) is 20.3 Å². The number of hydrogen-bond donors (Lipinski definition) is 1. The van der Waals surface area contributed by atoms with Gasteiger partial charge in [0.25, 0.3) is 0 Å². The summed E-state index contributed by atoms with van der Waals surface area (Å²) in [4.78, 5) is 0. The molecular weight excluding hydrogens is 246 g/mol. The molecule has 1 atom stereocenters. The van der Waals surface area contributed by atoms with E-state index in [4.69, 9.17) is 16.3 Å². The summed E-state index contributed by atoms with van der Waals surface area (Å²) in [5.74, 6) is 0.562. The van der Waals surface area contributed by atoms with Gasteiger partial charge in [0, 0.05) is 24.8 Å². The van der Waals surface area contributed by atoms with Gasteiger partial charge in [-0.1, -0.05) is 43.6 Å². The molecule has 0 aromatic heterocycles. The lowest BCUT2D eigenvalue weighted by molar-refractivity contribution is 0.175. The first-order valence-corrected chi connectivity index (χ1v) is 6.97. The van der Waals surface area contributed by atoms with Crippen molar-refractivity contribution in [1.82, 2.24) is 5.32 Å². The Labute approximate surface area is 116 Å². The van der Waals surface area contributed by atoms with Gasteiger partial charge < -0.3 is 10.1 Å². The lowest BCUT2D eigenvalue weighted by atomic mass is 9.96. The van der Waals surface area contributed by atoms with Gasteiger partial charge in [-0.3, -0.25) is 0 Å². The molecular formula is C15H24ClNO. The Morgan fingerprint density at radius 2 is 2.00 bits per heavy atom. The lowest BCUT2D eigenvalue weighted by Gasteiger charge is -2.19. The molecule has 0 radical (unpaired) electrons. The molecule has 1 aromatic rings. The van der Waals surface area contributed by atoms with Crippen molar-refractivity contribution in [2.45, 2.75) is 32.7 Å². The molecule has 0 amide bonds.